The molecule has 0 radical (unpaired) electrons. The molecular formula is C15H21NO3. The smallest absolute Gasteiger partial charge is 0.314 e. The van der Waals surface area contributed by atoms with Gasteiger partial charge in [0.25, 0.3) is 0 Å². The minimum Gasteiger partial charge on any atom is -0.469 e. The van der Waals surface area contributed by atoms with Gasteiger partial charge < -0.3 is 15.2 Å². The zero-order valence-electron chi connectivity index (χ0n) is 11.3. The number of ether oxygens (including phenoxy) is 1. The molecule has 2 N–H and O–H groups in total. The summed E-state index contributed by atoms with van der Waals surface area (Å²) in [5.41, 5.74) is 1.01. The Morgan fingerprint density at radius 1 is 1.42 bits per heavy atom. The molecule has 0 aliphatic heterocycles. The Hall–Kier alpha value is -1.39. The molecule has 104 valence electrons. The summed E-state index contributed by atoms with van der Waals surface area (Å²) in [6, 6.07) is 9.63. The zero-order chi connectivity index (χ0) is 13.7. The van der Waals surface area contributed by atoms with Gasteiger partial charge in [-0.15, -0.1) is 0 Å². The molecule has 0 spiro atoms. The van der Waals surface area contributed by atoms with Crippen LogP contribution in [0.25, 0.3) is 0 Å². The first-order chi connectivity index (χ1) is 9.21. The Labute approximate surface area is 113 Å². The quantitative estimate of drug-likeness (QED) is 0.728. The summed E-state index contributed by atoms with van der Waals surface area (Å²) in [6.45, 7) is 1.51. The molecule has 0 saturated heterocycles. The van der Waals surface area contributed by atoms with E-state index in [9.17, 15) is 9.90 Å². The molecule has 4 nitrogen and oxygen atoms in total. The van der Waals surface area contributed by atoms with Gasteiger partial charge >= 0.3 is 5.97 Å². The highest BCUT2D eigenvalue weighted by atomic mass is 16.5. The van der Waals surface area contributed by atoms with Gasteiger partial charge in [0.05, 0.1) is 13.0 Å². The van der Waals surface area contributed by atoms with Gasteiger partial charge in [0.15, 0.2) is 0 Å². The van der Waals surface area contributed by atoms with Crippen molar-refractivity contribution in [1.29, 1.82) is 0 Å². The highest BCUT2D eigenvalue weighted by Crippen LogP contribution is 2.44. The summed E-state index contributed by atoms with van der Waals surface area (Å²) in [5.74, 6) is -0.520. The molecule has 1 fully saturated rings. The summed E-state index contributed by atoms with van der Waals surface area (Å²) in [7, 11) is 1.41. The lowest BCUT2D eigenvalue weighted by atomic mass is 9.99. The Morgan fingerprint density at radius 3 is 2.63 bits per heavy atom. The van der Waals surface area contributed by atoms with E-state index in [2.05, 4.69) is 5.32 Å². The lowest BCUT2D eigenvalue weighted by molar-refractivity contribution is -0.142. The highest BCUT2D eigenvalue weighted by molar-refractivity contribution is 5.78. The van der Waals surface area contributed by atoms with Gasteiger partial charge in [0.1, 0.15) is 0 Å². The summed E-state index contributed by atoms with van der Waals surface area (Å²) in [5, 5.41) is 12.6. The topological polar surface area (TPSA) is 58.6 Å². The van der Waals surface area contributed by atoms with Gasteiger partial charge in [-0.25, -0.2) is 0 Å². The number of aliphatic hydroxyl groups is 1. The Bertz CT molecular complexity index is 415. The largest absolute Gasteiger partial charge is 0.469 e. The van der Waals surface area contributed by atoms with Crippen LogP contribution in [0.1, 0.15) is 24.3 Å². The van der Waals surface area contributed by atoms with Crippen molar-refractivity contribution in [3.8, 4) is 0 Å². The predicted octanol–water partition coefficient (Wildman–Crippen LogP) is 1.31. The van der Waals surface area contributed by atoms with Crippen molar-refractivity contribution in [2.45, 2.75) is 18.8 Å². The predicted molar refractivity (Wildman–Crippen MR) is 72.8 cm³/mol. The number of carbonyl (C=O) groups excluding carboxylic acids is 1. The maximum Gasteiger partial charge on any atom is 0.314 e. The van der Waals surface area contributed by atoms with Crippen molar-refractivity contribution in [1.82, 2.24) is 5.32 Å². The molecular weight excluding hydrogens is 242 g/mol. The van der Waals surface area contributed by atoms with Crippen molar-refractivity contribution in [2.24, 2.45) is 5.41 Å². The molecule has 0 aromatic heterocycles. The number of nitrogens with one attached hydrogen (secondary N) is 1. The first-order valence-corrected chi connectivity index (χ1v) is 6.65. The van der Waals surface area contributed by atoms with Gasteiger partial charge in [-0.05, 0) is 18.4 Å². The normalized spacial score (nSPS) is 17.8. The van der Waals surface area contributed by atoms with Crippen LogP contribution in [0, 0.1) is 5.41 Å². The molecule has 1 saturated carbocycles. The molecule has 0 amide bonds. The third-order valence-electron chi connectivity index (χ3n) is 3.83. The number of carbonyl (C=O) groups is 1. The van der Waals surface area contributed by atoms with Crippen LogP contribution in [0.15, 0.2) is 30.3 Å². The second-order valence-corrected chi connectivity index (χ2v) is 5.28. The van der Waals surface area contributed by atoms with Crippen molar-refractivity contribution in [3.05, 3.63) is 35.9 Å². The van der Waals surface area contributed by atoms with E-state index in [1.807, 2.05) is 30.3 Å². The molecule has 1 unspecified atom stereocenters. The first-order valence-electron chi connectivity index (χ1n) is 6.65. The SMILES string of the molecule is COC(=O)C(CNCC1(CO)CC1)c1ccccc1. The standard InChI is InChI=1S/C15H21NO3/c1-19-14(18)13(12-5-3-2-4-6-12)9-16-10-15(11-17)7-8-15/h2-6,13,16-17H,7-11H2,1H3. The Morgan fingerprint density at radius 2 is 2.11 bits per heavy atom. The summed E-state index contributed by atoms with van der Waals surface area (Å²) >= 11 is 0. The van der Waals surface area contributed by atoms with Crippen LogP contribution < -0.4 is 5.32 Å². The van der Waals surface area contributed by atoms with Crippen molar-refractivity contribution < 1.29 is 14.6 Å². The van der Waals surface area contributed by atoms with Gasteiger partial charge in [0.2, 0.25) is 0 Å². The lowest BCUT2D eigenvalue weighted by Gasteiger charge is -2.18. The van der Waals surface area contributed by atoms with Crippen LogP contribution in [0.4, 0.5) is 0 Å². The van der Waals surface area contributed by atoms with E-state index in [0.29, 0.717) is 6.54 Å². The van der Waals surface area contributed by atoms with Gasteiger partial charge in [-0.2, -0.15) is 0 Å². The van der Waals surface area contributed by atoms with Gasteiger partial charge in [-0.3, -0.25) is 4.79 Å². The van der Waals surface area contributed by atoms with E-state index in [0.717, 1.165) is 24.9 Å². The van der Waals surface area contributed by atoms with E-state index in [1.165, 1.54) is 7.11 Å². The van der Waals surface area contributed by atoms with E-state index in [-0.39, 0.29) is 23.9 Å². The van der Waals surface area contributed by atoms with Crippen LogP contribution in [0.5, 0.6) is 0 Å². The van der Waals surface area contributed by atoms with Crippen molar-refractivity contribution in [2.75, 3.05) is 26.8 Å². The molecule has 0 bridgehead atoms. The maximum absolute atomic E-state index is 11.8. The molecule has 0 heterocycles. The van der Waals surface area contributed by atoms with Crippen LogP contribution in [-0.4, -0.2) is 37.9 Å². The zero-order valence-corrected chi connectivity index (χ0v) is 11.3. The van der Waals surface area contributed by atoms with E-state index in [1.54, 1.807) is 0 Å². The summed E-state index contributed by atoms with van der Waals surface area (Å²) < 4.78 is 4.86. The van der Waals surface area contributed by atoms with Crippen molar-refractivity contribution >= 4 is 5.97 Å². The van der Waals surface area contributed by atoms with E-state index >= 15 is 0 Å². The van der Waals surface area contributed by atoms with E-state index in [4.69, 9.17) is 4.74 Å². The monoisotopic (exact) mass is 263 g/mol. The molecule has 2 rings (SSSR count). The number of aliphatic hydroxyl groups excluding tert-OH is 1. The van der Waals surface area contributed by atoms with Crippen LogP contribution in [0.2, 0.25) is 0 Å². The molecule has 19 heavy (non-hydrogen) atoms. The number of hydrogen-bond donors (Lipinski definition) is 2. The second kappa shape index (κ2) is 6.17. The number of benzene rings is 1. The van der Waals surface area contributed by atoms with Crippen LogP contribution >= 0.6 is 0 Å². The second-order valence-electron chi connectivity index (χ2n) is 5.28. The molecule has 4 heteroatoms. The average molecular weight is 263 g/mol. The fourth-order valence-corrected chi connectivity index (χ4v) is 2.21. The molecule has 1 aliphatic rings. The third kappa shape index (κ3) is 3.55. The number of rotatable bonds is 7. The fourth-order valence-electron chi connectivity index (χ4n) is 2.21. The van der Waals surface area contributed by atoms with Crippen molar-refractivity contribution in [3.63, 3.8) is 0 Å². The number of esters is 1. The highest BCUT2D eigenvalue weighted by Gasteiger charge is 2.41. The first kappa shape index (κ1) is 14.0. The third-order valence-corrected chi connectivity index (χ3v) is 3.83. The molecule has 1 atom stereocenters. The summed E-state index contributed by atoms with van der Waals surface area (Å²) in [6.07, 6.45) is 2.12. The van der Waals surface area contributed by atoms with Gasteiger partial charge in [0, 0.05) is 25.1 Å². The summed E-state index contributed by atoms with van der Waals surface area (Å²) in [4.78, 5) is 11.8. The number of methoxy groups -OCH3 is 1. The molecule has 1 aliphatic carbocycles. The Kier molecular flexibility index (Phi) is 4.56. The number of hydrogen-bond acceptors (Lipinski definition) is 4. The van der Waals surface area contributed by atoms with Crippen LogP contribution in [0.3, 0.4) is 0 Å². The van der Waals surface area contributed by atoms with Gasteiger partial charge in [-0.1, -0.05) is 30.3 Å². The minimum absolute atomic E-state index is 0.0529. The fraction of sp³-hybridized carbons (Fsp3) is 0.533. The molecule has 1 aromatic carbocycles. The van der Waals surface area contributed by atoms with Crippen LogP contribution in [-0.2, 0) is 9.53 Å². The molecule has 1 aromatic rings. The minimum atomic E-state index is -0.291. The Balaban J connectivity index is 1.93. The average Bonchev–Trinajstić information content (AvgIpc) is 3.24. The van der Waals surface area contributed by atoms with E-state index < -0.39 is 0 Å². The maximum atomic E-state index is 11.8. The lowest BCUT2D eigenvalue weighted by Crippen LogP contribution is -2.33.